The third-order valence-electron chi connectivity index (χ3n) is 10.7. The number of nitriles is 1. The van der Waals surface area contributed by atoms with Crippen LogP contribution in [-0.4, -0.2) is 54.3 Å². The van der Waals surface area contributed by atoms with Gasteiger partial charge < -0.3 is 9.64 Å². The summed E-state index contributed by atoms with van der Waals surface area (Å²) >= 11 is 8.34. The van der Waals surface area contributed by atoms with Crippen molar-refractivity contribution in [3.63, 3.8) is 0 Å². The Morgan fingerprint density at radius 3 is 2.51 bits per heavy atom. The zero-order valence-corrected chi connectivity index (χ0v) is 33.9. The molecule has 1 aliphatic carbocycles. The SMILES string of the molecule is CC/C=C(/N=C1/C(F)=C(c2ccc(F)c3sc(C(C)C)c(C#N)c23)C(Cl)=C/C1=C(/C)N(C)C(CCC(C)CC)C(C)C)OCC1CCCN1CC. The highest BCUT2D eigenvalue weighted by Gasteiger charge is 2.33. The summed E-state index contributed by atoms with van der Waals surface area (Å²) in [5.41, 5.74) is 2.39. The van der Waals surface area contributed by atoms with Crippen molar-refractivity contribution in [1.82, 2.24) is 9.80 Å². The molecule has 0 saturated carbocycles. The van der Waals surface area contributed by atoms with Crippen LogP contribution in [0.3, 0.4) is 0 Å². The van der Waals surface area contributed by atoms with Gasteiger partial charge in [-0.25, -0.2) is 13.8 Å². The summed E-state index contributed by atoms with van der Waals surface area (Å²) in [6.45, 7) is 21.5. The second-order valence-corrected chi connectivity index (χ2v) is 16.2. The van der Waals surface area contributed by atoms with E-state index in [-0.39, 0.29) is 34.3 Å². The Hall–Kier alpha value is -2.99. The molecule has 3 unspecified atom stereocenters. The highest BCUT2D eigenvalue weighted by atomic mass is 35.5. The fourth-order valence-corrected chi connectivity index (χ4v) is 8.81. The van der Waals surface area contributed by atoms with Gasteiger partial charge in [-0.05, 0) is 93.7 Å². The van der Waals surface area contributed by atoms with Crippen LogP contribution < -0.4 is 0 Å². The van der Waals surface area contributed by atoms with E-state index in [1.807, 2.05) is 33.8 Å². The Kier molecular flexibility index (Phi) is 14.5. The van der Waals surface area contributed by atoms with Gasteiger partial charge in [0.05, 0.1) is 15.3 Å². The number of ether oxygens (including phenoxy) is 1. The topological polar surface area (TPSA) is 51.9 Å². The molecule has 2 aliphatic rings. The van der Waals surface area contributed by atoms with Crippen molar-refractivity contribution in [1.29, 1.82) is 5.26 Å². The summed E-state index contributed by atoms with van der Waals surface area (Å²) in [5, 5.41) is 10.9. The molecule has 4 rings (SSSR count). The summed E-state index contributed by atoms with van der Waals surface area (Å²) in [6, 6.07) is 5.66. The molecular weight excluding hydrogens is 682 g/mol. The highest BCUT2D eigenvalue weighted by molar-refractivity contribution is 7.19. The van der Waals surface area contributed by atoms with Crippen LogP contribution in [0.25, 0.3) is 15.7 Å². The van der Waals surface area contributed by atoms with Crippen molar-refractivity contribution < 1.29 is 13.5 Å². The zero-order valence-electron chi connectivity index (χ0n) is 32.3. The van der Waals surface area contributed by atoms with E-state index in [0.29, 0.717) is 57.5 Å². The summed E-state index contributed by atoms with van der Waals surface area (Å²) in [4.78, 5) is 10.4. The standard InChI is InChI=1S/C42H57ClF2N4OS/c1-11-15-36(50-24-29-16-14-21-49(29)13-3)47-40-31(28(9)48(10)35(25(4)5)20-17-27(8)12-2)22-33(43)38(39(40)45)30-18-19-34(44)42-37(30)32(23-46)41(51-42)26(6)7/h15,18-19,22,25-27,29,35H,11-14,16-17,20-21,24H2,1-10H3/b31-28+,36-15-,47-40+. The van der Waals surface area contributed by atoms with Gasteiger partial charge in [0.15, 0.2) is 5.83 Å². The van der Waals surface area contributed by atoms with Gasteiger partial charge in [0.25, 0.3) is 0 Å². The van der Waals surface area contributed by atoms with Crippen LogP contribution in [0.2, 0.25) is 0 Å². The summed E-state index contributed by atoms with van der Waals surface area (Å²) in [5.74, 6) is 0.243. The summed E-state index contributed by atoms with van der Waals surface area (Å²) in [6.07, 6.45) is 9.72. The average Bonchev–Trinajstić information content (AvgIpc) is 3.73. The largest absolute Gasteiger partial charge is 0.476 e. The predicted octanol–water partition coefficient (Wildman–Crippen LogP) is 12.1. The molecule has 51 heavy (non-hydrogen) atoms. The third kappa shape index (κ3) is 8.98. The van der Waals surface area contributed by atoms with Gasteiger partial charge in [-0.2, -0.15) is 5.26 Å². The first kappa shape index (κ1) is 40.8. The monoisotopic (exact) mass is 738 g/mol. The van der Waals surface area contributed by atoms with Crippen molar-refractivity contribution in [3.05, 3.63) is 74.1 Å². The molecule has 5 nitrogen and oxygen atoms in total. The number of aliphatic imine (C=N–C) groups is 1. The van der Waals surface area contributed by atoms with E-state index in [1.165, 1.54) is 23.5 Å². The van der Waals surface area contributed by atoms with E-state index in [4.69, 9.17) is 21.3 Å². The average molecular weight is 739 g/mol. The first-order valence-electron chi connectivity index (χ1n) is 18.8. The zero-order chi connectivity index (χ0) is 37.6. The van der Waals surface area contributed by atoms with Gasteiger partial charge >= 0.3 is 0 Å². The van der Waals surface area contributed by atoms with Crippen LogP contribution in [-0.2, 0) is 4.74 Å². The lowest BCUT2D eigenvalue weighted by Crippen LogP contribution is -2.36. The maximum atomic E-state index is 17.6. The highest BCUT2D eigenvalue weighted by Crippen LogP contribution is 2.46. The number of hydrogen-bond acceptors (Lipinski definition) is 6. The van der Waals surface area contributed by atoms with Crippen LogP contribution >= 0.6 is 22.9 Å². The number of rotatable bonds is 15. The Bertz CT molecular complexity index is 1760. The normalized spacial score (nSPS) is 20.4. The van der Waals surface area contributed by atoms with E-state index in [0.717, 1.165) is 55.8 Å². The molecule has 3 atom stereocenters. The summed E-state index contributed by atoms with van der Waals surface area (Å²) in [7, 11) is 2.07. The number of likely N-dealkylation sites (tertiary alicyclic amines) is 1. The van der Waals surface area contributed by atoms with Crippen LogP contribution in [0.1, 0.15) is 123 Å². The fraction of sp³-hybridized carbons (Fsp3) is 0.571. The predicted molar refractivity (Wildman–Crippen MR) is 212 cm³/mol. The Morgan fingerprint density at radius 2 is 1.90 bits per heavy atom. The number of nitrogens with zero attached hydrogens (tertiary/aromatic N) is 4. The van der Waals surface area contributed by atoms with Gasteiger partial charge in [-0.1, -0.05) is 79.5 Å². The minimum Gasteiger partial charge on any atom is -0.476 e. The quantitative estimate of drug-likeness (QED) is 0.171. The fourth-order valence-electron chi connectivity index (χ4n) is 7.33. The lowest BCUT2D eigenvalue weighted by atomic mass is 9.88. The molecule has 1 fully saturated rings. The second kappa shape index (κ2) is 18.2. The minimum atomic E-state index is -0.623. The van der Waals surface area contributed by atoms with Crippen LogP contribution in [0, 0.1) is 29.0 Å². The van der Waals surface area contributed by atoms with Gasteiger partial charge in [0.1, 0.15) is 24.2 Å². The number of allylic oxidation sites excluding steroid dienone is 7. The lowest BCUT2D eigenvalue weighted by Gasteiger charge is -2.36. The number of fused-ring (bicyclic) bond motifs is 1. The maximum absolute atomic E-state index is 17.6. The number of likely N-dealkylation sites (N-methyl/N-ethyl adjacent to an activating group) is 1. The number of halogens is 3. The lowest BCUT2D eigenvalue weighted by molar-refractivity contribution is 0.126. The van der Waals surface area contributed by atoms with Gasteiger partial charge in [0, 0.05) is 46.2 Å². The molecule has 1 saturated heterocycles. The van der Waals surface area contributed by atoms with Crippen molar-refractivity contribution in [2.24, 2.45) is 16.8 Å². The molecule has 1 aromatic heterocycles. The molecule has 1 aromatic carbocycles. The Labute approximate surface area is 314 Å². The molecule has 1 aliphatic heterocycles. The Morgan fingerprint density at radius 1 is 1.18 bits per heavy atom. The molecule has 0 radical (unpaired) electrons. The van der Waals surface area contributed by atoms with Crippen LogP contribution in [0.4, 0.5) is 8.78 Å². The third-order valence-corrected chi connectivity index (χ3v) is 12.5. The summed E-state index contributed by atoms with van der Waals surface area (Å²) < 4.78 is 39.6. The van der Waals surface area contributed by atoms with Crippen molar-refractivity contribution in [2.75, 3.05) is 26.7 Å². The molecule has 2 aromatic rings. The maximum Gasteiger partial charge on any atom is 0.209 e. The van der Waals surface area contributed by atoms with Crippen molar-refractivity contribution in [3.8, 4) is 6.07 Å². The van der Waals surface area contributed by atoms with E-state index in [1.54, 1.807) is 6.08 Å². The number of benzene rings is 1. The van der Waals surface area contributed by atoms with Crippen molar-refractivity contribution >= 4 is 44.3 Å². The second-order valence-electron chi connectivity index (χ2n) is 14.7. The molecule has 9 heteroatoms. The van der Waals surface area contributed by atoms with E-state index >= 15 is 8.78 Å². The molecule has 0 bridgehead atoms. The first-order valence-corrected chi connectivity index (χ1v) is 20.0. The smallest absolute Gasteiger partial charge is 0.209 e. The first-order chi connectivity index (χ1) is 24.3. The van der Waals surface area contributed by atoms with Crippen molar-refractivity contribution in [2.45, 2.75) is 119 Å². The van der Waals surface area contributed by atoms with E-state index in [9.17, 15) is 5.26 Å². The minimum absolute atomic E-state index is 0.0121. The van der Waals surface area contributed by atoms with Crippen LogP contribution in [0.15, 0.2) is 57.3 Å². The van der Waals surface area contributed by atoms with E-state index in [2.05, 4.69) is 57.5 Å². The molecule has 0 spiro atoms. The van der Waals surface area contributed by atoms with Gasteiger partial charge in [-0.3, -0.25) is 4.90 Å². The van der Waals surface area contributed by atoms with Gasteiger partial charge in [-0.15, -0.1) is 11.3 Å². The molecular formula is C42H57ClF2N4OS. The van der Waals surface area contributed by atoms with Gasteiger partial charge in [0.2, 0.25) is 5.88 Å². The number of hydrogen-bond donors (Lipinski definition) is 0. The molecule has 278 valence electrons. The molecule has 2 heterocycles. The Balaban J connectivity index is 1.95. The van der Waals surface area contributed by atoms with E-state index < -0.39 is 11.6 Å². The molecule has 0 N–H and O–H groups in total. The number of thiophene rings is 1. The molecule has 0 amide bonds. The van der Waals surface area contributed by atoms with Crippen LogP contribution in [0.5, 0.6) is 0 Å².